The van der Waals surface area contributed by atoms with Crippen molar-refractivity contribution in [2.24, 2.45) is 0 Å². The van der Waals surface area contributed by atoms with E-state index in [9.17, 15) is 23.6 Å². The molecule has 2 unspecified atom stereocenters. The Morgan fingerprint density at radius 2 is 1.97 bits per heavy atom. The molecule has 0 saturated carbocycles. The maximum atomic E-state index is 13.0. The van der Waals surface area contributed by atoms with Crippen LogP contribution in [-0.4, -0.2) is 60.4 Å². The van der Waals surface area contributed by atoms with E-state index in [1.165, 1.54) is 4.90 Å². The summed E-state index contributed by atoms with van der Waals surface area (Å²) in [7, 11) is 0. The number of rotatable bonds is 9. The third-order valence-electron chi connectivity index (χ3n) is 4.99. The van der Waals surface area contributed by atoms with E-state index in [0.717, 1.165) is 0 Å². The molecule has 2 rings (SSSR count). The summed E-state index contributed by atoms with van der Waals surface area (Å²) in [4.78, 5) is 50.5. The summed E-state index contributed by atoms with van der Waals surface area (Å²) in [6.07, 6.45) is 0.639. The molecular formula is C21H26Cl2FN3O5. The van der Waals surface area contributed by atoms with Gasteiger partial charge in [-0.2, -0.15) is 0 Å². The second kappa shape index (κ2) is 12.6. The van der Waals surface area contributed by atoms with Gasteiger partial charge < -0.3 is 15.4 Å². The number of carbonyl (C=O) groups is 4. The van der Waals surface area contributed by atoms with Gasteiger partial charge in [0.25, 0.3) is 0 Å². The van der Waals surface area contributed by atoms with E-state index in [1.807, 2.05) is 0 Å². The van der Waals surface area contributed by atoms with Crippen molar-refractivity contribution in [1.82, 2.24) is 15.5 Å². The molecule has 0 spiro atoms. The molecule has 11 heteroatoms. The SMILES string of the molecule is CCNC(=O)CC(NC(=O)C1CCCCN1C(=O)OCc1ccc(Cl)c(Cl)c1)C(=O)CF. The molecule has 2 atom stereocenters. The number of amides is 3. The van der Waals surface area contributed by atoms with Gasteiger partial charge in [-0.1, -0.05) is 29.3 Å². The standard InChI is InChI=1S/C21H26Cl2FN3O5/c1-2-25-19(29)10-16(18(28)11-24)26-20(30)17-5-3-4-8-27(17)21(31)32-12-13-6-7-14(22)15(23)9-13/h6-7,9,16-17H,2-5,8,10-12H2,1H3,(H,25,29)(H,26,30). The average molecular weight is 490 g/mol. The van der Waals surface area contributed by atoms with Crippen molar-refractivity contribution in [3.05, 3.63) is 33.8 Å². The van der Waals surface area contributed by atoms with Crippen LogP contribution in [0.25, 0.3) is 0 Å². The molecule has 8 nitrogen and oxygen atoms in total. The Labute approximate surface area is 195 Å². The number of ether oxygens (including phenoxy) is 1. The van der Waals surface area contributed by atoms with E-state index in [4.69, 9.17) is 27.9 Å². The highest BCUT2D eigenvalue weighted by Gasteiger charge is 2.35. The predicted octanol–water partition coefficient (Wildman–Crippen LogP) is 3.03. The largest absolute Gasteiger partial charge is 0.445 e. The van der Waals surface area contributed by atoms with Gasteiger partial charge in [0.2, 0.25) is 11.8 Å². The lowest BCUT2D eigenvalue weighted by Gasteiger charge is -2.34. The van der Waals surface area contributed by atoms with Gasteiger partial charge in [-0.15, -0.1) is 0 Å². The lowest BCUT2D eigenvalue weighted by atomic mass is 10.0. The Bertz CT molecular complexity index is 855. The lowest BCUT2D eigenvalue weighted by Crippen LogP contribution is -2.55. The number of hydrogen-bond donors (Lipinski definition) is 2. The van der Waals surface area contributed by atoms with E-state index in [2.05, 4.69) is 10.6 Å². The first-order valence-corrected chi connectivity index (χ1v) is 11.1. The number of piperidine rings is 1. The van der Waals surface area contributed by atoms with E-state index in [1.54, 1.807) is 25.1 Å². The number of hydrogen-bond acceptors (Lipinski definition) is 5. The van der Waals surface area contributed by atoms with E-state index in [0.29, 0.717) is 41.4 Å². The number of Topliss-reactive ketones (excluding diaryl/α,β-unsaturated/α-hetero) is 1. The summed E-state index contributed by atoms with van der Waals surface area (Å²) in [6, 6.07) is 2.62. The fourth-order valence-corrected chi connectivity index (χ4v) is 3.66. The van der Waals surface area contributed by atoms with Crippen LogP contribution in [0.4, 0.5) is 9.18 Å². The number of ketones is 1. The smallest absolute Gasteiger partial charge is 0.410 e. The van der Waals surface area contributed by atoms with Crippen LogP contribution in [-0.2, 0) is 25.7 Å². The Balaban J connectivity index is 2.03. The van der Waals surface area contributed by atoms with Crippen LogP contribution in [0.3, 0.4) is 0 Å². The maximum absolute atomic E-state index is 13.0. The molecule has 1 aliphatic heterocycles. The fourth-order valence-electron chi connectivity index (χ4n) is 3.34. The molecule has 0 bridgehead atoms. The highest BCUT2D eigenvalue weighted by atomic mass is 35.5. The molecule has 1 heterocycles. The van der Waals surface area contributed by atoms with Gasteiger partial charge in [-0.3, -0.25) is 19.3 Å². The van der Waals surface area contributed by atoms with Crippen LogP contribution in [0, 0.1) is 0 Å². The summed E-state index contributed by atoms with van der Waals surface area (Å²) in [6.45, 7) is 0.942. The summed E-state index contributed by atoms with van der Waals surface area (Å²) in [5.41, 5.74) is 0.626. The number of alkyl halides is 1. The van der Waals surface area contributed by atoms with Crippen LogP contribution in [0.2, 0.25) is 10.0 Å². The Morgan fingerprint density at radius 1 is 1.22 bits per heavy atom. The highest BCUT2D eigenvalue weighted by molar-refractivity contribution is 6.42. The van der Waals surface area contributed by atoms with Crippen molar-refractivity contribution in [3.63, 3.8) is 0 Å². The molecule has 2 N–H and O–H groups in total. The molecule has 1 aliphatic rings. The number of halogens is 3. The van der Waals surface area contributed by atoms with Crippen molar-refractivity contribution in [2.45, 2.75) is 51.3 Å². The van der Waals surface area contributed by atoms with Gasteiger partial charge in [0.1, 0.15) is 19.3 Å². The second-order valence-corrected chi connectivity index (χ2v) is 8.14. The first-order valence-electron chi connectivity index (χ1n) is 10.3. The number of likely N-dealkylation sites (tertiary alicyclic amines) is 1. The molecule has 1 saturated heterocycles. The van der Waals surface area contributed by atoms with Crippen LogP contribution < -0.4 is 10.6 Å². The van der Waals surface area contributed by atoms with Gasteiger partial charge in [0.15, 0.2) is 5.78 Å². The maximum Gasteiger partial charge on any atom is 0.410 e. The molecule has 0 aromatic heterocycles. The number of benzene rings is 1. The number of nitrogens with zero attached hydrogens (tertiary/aromatic N) is 1. The Hall–Kier alpha value is -2.39. The van der Waals surface area contributed by atoms with Crippen molar-refractivity contribution in [2.75, 3.05) is 19.8 Å². The quantitative estimate of drug-likeness (QED) is 0.554. The van der Waals surface area contributed by atoms with Crippen LogP contribution in [0.1, 0.15) is 38.2 Å². The Morgan fingerprint density at radius 3 is 2.62 bits per heavy atom. The molecule has 0 aliphatic carbocycles. The van der Waals surface area contributed by atoms with Gasteiger partial charge in [-0.05, 0) is 43.9 Å². The van der Waals surface area contributed by atoms with Gasteiger partial charge in [0, 0.05) is 13.1 Å². The predicted molar refractivity (Wildman–Crippen MR) is 117 cm³/mol. The molecule has 32 heavy (non-hydrogen) atoms. The van der Waals surface area contributed by atoms with Crippen molar-refractivity contribution >= 4 is 46.9 Å². The van der Waals surface area contributed by atoms with Crippen LogP contribution in [0.5, 0.6) is 0 Å². The van der Waals surface area contributed by atoms with Crippen LogP contribution in [0.15, 0.2) is 18.2 Å². The second-order valence-electron chi connectivity index (χ2n) is 7.33. The lowest BCUT2D eigenvalue weighted by molar-refractivity contribution is -0.133. The van der Waals surface area contributed by atoms with E-state index in [-0.39, 0.29) is 19.6 Å². The van der Waals surface area contributed by atoms with Crippen molar-refractivity contribution in [1.29, 1.82) is 0 Å². The topological polar surface area (TPSA) is 105 Å². The normalized spacial score (nSPS) is 16.8. The molecule has 1 fully saturated rings. The van der Waals surface area contributed by atoms with Crippen molar-refractivity contribution < 1.29 is 28.3 Å². The summed E-state index contributed by atoms with van der Waals surface area (Å²) >= 11 is 11.8. The molecule has 1 aromatic carbocycles. The Kier molecular flexibility index (Phi) is 10.2. The third kappa shape index (κ3) is 7.34. The zero-order valence-corrected chi connectivity index (χ0v) is 19.2. The minimum atomic E-state index is -1.32. The molecule has 176 valence electrons. The van der Waals surface area contributed by atoms with Gasteiger partial charge in [0.05, 0.1) is 22.5 Å². The first-order chi connectivity index (χ1) is 15.3. The number of carbonyl (C=O) groups excluding carboxylic acids is 4. The summed E-state index contributed by atoms with van der Waals surface area (Å²) in [5.74, 6) is -2.03. The fraction of sp³-hybridized carbons (Fsp3) is 0.524. The van der Waals surface area contributed by atoms with Gasteiger partial charge in [-0.25, -0.2) is 9.18 Å². The third-order valence-corrected chi connectivity index (χ3v) is 5.73. The molecule has 3 amide bonds. The zero-order valence-electron chi connectivity index (χ0n) is 17.7. The minimum Gasteiger partial charge on any atom is -0.445 e. The average Bonchev–Trinajstić information content (AvgIpc) is 2.78. The minimum absolute atomic E-state index is 0.0687. The number of nitrogens with one attached hydrogen (secondary N) is 2. The van der Waals surface area contributed by atoms with Crippen LogP contribution >= 0.6 is 23.2 Å². The van der Waals surface area contributed by atoms with E-state index < -0.39 is 42.4 Å². The molecule has 1 aromatic rings. The zero-order chi connectivity index (χ0) is 23.7. The van der Waals surface area contributed by atoms with Gasteiger partial charge >= 0.3 is 6.09 Å². The van der Waals surface area contributed by atoms with E-state index >= 15 is 0 Å². The summed E-state index contributed by atoms with van der Waals surface area (Å²) in [5, 5.41) is 5.64. The molecule has 0 radical (unpaired) electrons. The monoisotopic (exact) mass is 489 g/mol. The van der Waals surface area contributed by atoms with Crippen molar-refractivity contribution in [3.8, 4) is 0 Å². The summed E-state index contributed by atoms with van der Waals surface area (Å²) < 4.78 is 18.3. The first kappa shape index (κ1) is 25.9. The molecular weight excluding hydrogens is 464 g/mol. The highest BCUT2D eigenvalue weighted by Crippen LogP contribution is 2.24.